The van der Waals surface area contributed by atoms with Gasteiger partial charge in [0.15, 0.2) is 0 Å². The van der Waals surface area contributed by atoms with Crippen LogP contribution in [0.15, 0.2) is 0 Å². The number of rotatable bonds is 2. The topological polar surface area (TPSA) is 12.0 Å². The molecule has 1 N–H and O–H groups in total. The van der Waals surface area contributed by atoms with Crippen molar-refractivity contribution in [3.63, 3.8) is 0 Å². The van der Waals surface area contributed by atoms with Crippen LogP contribution in [0.2, 0.25) is 0 Å². The average molecular weight is 169 g/mol. The van der Waals surface area contributed by atoms with Crippen molar-refractivity contribution in [3.05, 3.63) is 0 Å². The third kappa shape index (κ3) is 2.48. The van der Waals surface area contributed by atoms with Crippen molar-refractivity contribution in [2.45, 2.75) is 46.5 Å². The normalized spacial score (nSPS) is 26.8. The maximum absolute atomic E-state index is 3.47. The molecule has 0 aromatic carbocycles. The lowest BCUT2D eigenvalue weighted by molar-refractivity contribution is 0.185. The Morgan fingerprint density at radius 3 is 2.67 bits per heavy atom. The minimum atomic E-state index is 0.562. The Bertz CT molecular complexity index is 121. The summed E-state index contributed by atoms with van der Waals surface area (Å²) in [7, 11) is 0. The molecule has 1 atom stereocenters. The molecule has 72 valence electrons. The van der Waals surface area contributed by atoms with Gasteiger partial charge in [-0.15, -0.1) is 0 Å². The van der Waals surface area contributed by atoms with Gasteiger partial charge in [0.2, 0.25) is 0 Å². The van der Waals surface area contributed by atoms with E-state index in [2.05, 4.69) is 26.1 Å². The van der Waals surface area contributed by atoms with Gasteiger partial charge in [0.05, 0.1) is 0 Å². The molecule has 0 aromatic rings. The lowest BCUT2D eigenvalue weighted by Gasteiger charge is -2.32. The molecule has 1 saturated heterocycles. The van der Waals surface area contributed by atoms with Gasteiger partial charge in [-0.3, -0.25) is 0 Å². The highest BCUT2D eigenvalue weighted by molar-refractivity contribution is 4.79. The van der Waals surface area contributed by atoms with Crippen molar-refractivity contribution in [2.24, 2.45) is 11.3 Å². The first-order valence-electron chi connectivity index (χ1n) is 5.37. The molecule has 0 aromatic heterocycles. The summed E-state index contributed by atoms with van der Waals surface area (Å²) < 4.78 is 0. The van der Waals surface area contributed by atoms with E-state index < -0.39 is 0 Å². The fourth-order valence-corrected chi connectivity index (χ4v) is 2.09. The molecule has 1 fully saturated rings. The van der Waals surface area contributed by atoms with E-state index in [1.165, 1.54) is 38.8 Å². The first-order chi connectivity index (χ1) is 5.67. The lowest BCUT2D eigenvalue weighted by atomic mass is 9.73. The van der Waals surface area contributed by atoms with Crippen molar-refractivity contribution in [2.75, 3.05) is 13.1 Å². The van der Waals surface area contributed by atoms with E-state index in [0.717, 1.165) is 5.92 Å². The predicted octanol–water partition coefficient (Wildman–Crippen LogP) is 2.81. The molecule has 1 heteroatoms. The minimum absolute atomic E-state index is 0.562. The number of nitrogens with one attached hydrogen (secondary N) is 1. The Labute approximate surface area is 76.9 Å². The van der Waals surface area contributed by atoms with E-state index in [-0.39, 0.29) is 0 Å². The van der Waals surface area contributed by atoms with E-state index in [1.54, 1.807) is 0 Å². The zero-order valence-corrected chi connectivity index (χ0v) is 8.82. The second-order valence-electron chi connectivity index (χ2n) is 4.72. The maximum atomic E-state index is 3.47. The fourth-order valence-electron chi connectivity index (χ4n) is 2.09. The van der Waals surface area contributed by atoms with Gasteiger partial charge < -0.3 is 5.32 Å². The highest BCUT2D eigenvalue weighted by Crippen LogP contribution is 2.36. The maximum Gasteiger partial charge on any atom is -0.00461 e. The molecule has 0 unspecified atom stereocenters. The van der Waals surface area contributed by atoms with Crippen molar-refractivity contribution in [1.82, 2.24) is 5.32 Å². The van der Waals surface area contributed by atoms with Crippen LogP contribution in [0, 0.1) is 11.3 Å². The zero-order valence-electron chi connectivity index (χ0n) is 8.82. The van der Waals surface area contributed by atoms with E-state index in [9.17, 15) is 0 Å². The van der Waals surface area contributed by atoms with Gasteiger partial charge in [-0.25, -0.2) is 0 Å². The van der Waals surface area contributed by atoms with Crippen LogP contribution < -0.4 is 5.32 Å². The van der Waals surface area contributed by atoms with Crippen molar-refractivity contribution < 1.29 is 0 Å². The first kappa shape index (κ1) is 10.0. The van der Waals surface area contributed by atoms with Crippen LogP contribution in [0.1, 0.15) is 46.5 Å². The molecule has 0 radical (unpaired) electrons. The largest absolute Gasteiger partial charge is 0.317 e. The summed E-state index contributed by atoms with van der Waals surface area (Å²) in [6.45, 7) is 9.62. The molecular formula is C11H23N. The van der Waals surface area contributed by atoms with E-state index in [0.29, 0.717) is 5.41 Å². The molecule has 1 nitrogen and oxygen atoms in total. The molecule has 1 heterocycles. The van der Waals surface area contributed by atoms with Crippen molar-refractivity contribution >= 4 is 0 Å². The molecule has 1 rings (SSSR count). The molecule has 12 heavy (non-hydrogen) atoms. The third-order valence-electron chi connectivity index (χ3n) is 3.59. The van der Waals surface area contributed by atoms with Crippen LogP contribution in [0.5, 0.6) is 0 Å². The molecule has 0 aliphatic carbocycles. The average Bonchev–Trinajstić information content (AvgIpc) is 2.32. The van der Waals surface area contributed by atoms with Gasteiger partial charge >= 0.3 is 0 Å². The summed E-state index contributed by atoms with van der Waals surface area (Å²) in [4.78, 5) is 0. The Kier molecular flexibility index (Phi) is 3.57. The quantitative estimate of drug-likeness (QED) is 0.670. The lowest BCUT2D eigenvalue weighted by Crippen LogP contribution is -2.24. The van der Waals surface area contributed by atoms with Gasteiger partial charge in [0.1, 0.15) is 0 Å². The molecule has 1 aliphatic heterocycles. The van der Waals surface area contributed by atoms with Crippen LogP contribution in [0.3, 0.4) is 0 Å². The van der Waals surface area contributed by atoms with E-state index in [1.807, 2.05) is 0 Å². The second kappa shape index (κ2) is 4.27. The summed E-state index contributed by atoms with van der Waals surface area (Å²) in [6.07, 6.45) is 5.49. The van der Waals surface area contributed by atoms with Gasteiger partial charge in [0.25, 0.3) is 0 Å². The fraction of sp³-hybridized carbons (Fsp3) is 1.00. The van der Waals surface area contributed by atoms with Gasteiger partial charge in [0, 0.05) is 0 Å². The van der Waals surface area contributed by atoms with Crippen LogP contribution in [0.4, 0.5) is 0 Å². The smallest absolute Gasteiger partial charge is 0.00461 e. The second-order valence-corrected chi connectivity index (χ2v) is 4.72. The molecular weight excluding hydrogens is 146 g/mol. The molecule has 0 amide bonds. The summed E-state index contributed by atoms with van der Waals surface area (Å²) in [5.41, 5.74) is 0.562. The monoisotopic (exact) mass is 169 g/mol. The predicted molar refractivity (Wildman–Crippen MR) is 54.3 cm³/mol. The van der Waals surface area contributed by atoms with Gasteiger partial charge in [-0.05, 0) is 43.7 Å². The molecule has 0 bridgehead atoms. The summed E-state index contributed by atoms with van der Waals surface area (Å²) in [5, 5.41) is 3.47. The number of hydrogen-bond acceptors (Lipinski definition) is 1. The van der Waals surface area contributed by atoms with Crippen LogP contribution >= 0.6 is 0 Å². The SMILES string of the molecule is CCC(C)(C)[C@H]1CCCNCC1. The van der Waals surface area contributed by atoms with Gasteiger partial charge in [-0.2, -0.15) is 0 Å². The van der Waals surface area contributed by atoms with E-state index in [4.69, 9.17) is 0 Å². The highest BCUT2D eigenvalue weighted by atomic mass is 14.9. The first-order valence-corrected chi connectivity index (χ1v) is 5.37. The van der Waals surface area contributed by atoms with Crippen molar-refractivity contribution in [1.29, 1.82) is 0 Å². The molecule has 0 spiro atoms. The zero-order chi connectivity index (χ0) is 9.03. The van der Waals surface area contributed by atoms with Gasteiger partial charge in [-0.1, -0.05) is 27.2 Å². The highest BCUT2D eigenvalue weighted by Gasteiger charge is 2.27. The number of hydrogen-bond donors (Lipinski definition) is 1. The Morgan fingerprint density at radius 1 is 1.25 bits per heavy atom. The van der Waals surface area contributed by atoms with E-state index >= 15 is 0 Å². The molecule has 1 aliphatic rings. The Hall–Kier alpha value is -0.0400. The summed E-state index contributed by atoms with van der Waals surface area (Å²) in [5.74, 6) is 0.942. The van der Waals surface area contributed by atoms with Crippen LogP contribution in [-0.2, 0) is 0 Å². The van der Waals surface area contributed by atoms with Crippen LogP contribution in [0.25, 0.3) is 0 Å². The Balaban J connectivity index is 2.47. The Morgan fingerprint density at radius 2 is 2.00 bits per heavy atom. The van der Waals surface area contributed by atoms with Crippen molar-refractivity contribution in [3.8, 4) is 0 Å². The molecule has 0 saturated carbocycles. The summed E-state index contributed by atoms with van der Waals surface area (Å²) >= 11 is 0. The summed E-state index contributed by atoms with van der Waals surface area (Å²) in [6, 6.07) is 0. The van der Waals surface area contributed by atoms with Crippen LogP contribution in [-0.4, -0.2) is 13.1 Å². The third-order valence-corrected chi connectivity index (χ3v) is 3.59. The minimum Gasteiger partial charge on any atom is -0.317 e. The standard InChI is InChI=1S/C11H23N/c1-4-11(2,3)10-6-5-8-12-9-7-10/h10,12H,4-9H2,1-3H3/t10-/m0/s1.